The molecule has 0 radical (unpaired) electrons. The number of carbonyl (C=O) groups is 1. The first kappa shape index (κ1) is 21.9. The zero-order chi connectivity index (χ0) is 21.9. The molecule has 0 bridgehead atoms. The molecule has 1 aliphatic rings. The number of pyridine rings is 1. The van der Waals surface area contributed by atoms with Crippen LogP contribution in [0, 0.1) is 5.82 Å². The number of aromatic nitrogens is 1. The van der Waals surface area contributed by atoms with Crippen molar-refractivity contribution in [1.29, 1.82) is 0 Å². The fourth-order valence-corrected chi connectivity index (χ4v) is 4.74. The molecule has 3 rings (SSSR count). The van der Waals surface area contributed by atoms with E-state index in [0.717, 1.165) is 5.56 Å². The monoisotopic (exact) mass is 429 g/mol. The molecule has 0 saturated carbocycles. The van der Waals surface area contributed by atoms with Crippen molar-refractivity contribution in [1.82, 2.24) is 4.98 Å². The van der Waals surface area contributed by atoms with Crippen molar-refractivity contribution < 1.29 is 13.9 Å². The Balaban J connectivity index is 1.91. The molecule has 3 atom stereocenters. The van der Waals surface area contributed by atoms with Gasteiger partial charge in [0.1, 0.15) is 17.1 Å². The van der Waals surface area contributed by atoms with Crippen LogP contribution in [0.3, 0.4) is 0 Å². The molecule has 0 spiro atoms. The summed E-state index contributed by atoms with van der Waals surface area (Å²) in [5.41, 5.74) is 6.69. The van der Waals surface area contributed by atoms with Crippen LogP contribution in [-0.2, 0) is 10.3 Å². The van der Waals surface area contributed by atoms with Gasteiger partial charge in [-0.2, -0.15) is 0 Å². The summed E-state index contributed by atoms with van der Waals surface area (Å²) < 4.78 is 20.5. The van der Waals surface area contributed by atoms with E-state index >= 15 is 0 Å². The highest BCUT2D eigenvalue weighted by Gasteiger charge is 2.45. The topological polar surface area (TPSA) is 102 Å². The van der Waals surface area contributed by atoms with Crippen molar-refractivity contribution in [2.45, 2.75) is 30.7 Å². The lowest BCUT2D eigenvalue weighted by molar-refractivity contribution is 0.0407. The van der Waals surface area contributed by atoms with Gasteiger partial charge in [0.2, 0.25) is 0 Å². The maximum Gasteiger partial charge on any atom is 0.274 e. The molecule has 0 aliphatic carbocycles. The number of methoxy groups -OCH3 is 1. The number of carbonyl (C=O) groups excluding carboxylic acids is 1. The number of nitrogens with one attached hydrogen (secondary N) is 1. The predicted octanol–water partition coefficient (Wildman–Crippen LogP) is 3.20. The van der Waals surface area contributed by atoms with Crippen molar-refractivity contribution >= 4 is 34.7 Å². The quantitative estimate of drug-likeness (QED) is 0.711. The molecule has 3 unspecified atom stereocenters. The van der Waals surface area contributed by atoms with Crippen LogP contribution >= 0.6 is 11.8 Å². The van der Waals surface area contributed by atoms with Gasteiger partial charge in [0.05, 0.1) is 6.10 Å². The second-order valence-corrected chi connectivity index (χ2v) is 8.49. The summed E-state index contributed by atoms with van der Waals surface area (Å²) in [5.74, 6) is -0.855. The normalized spacial score (nSPS) is 24.0. The minimum Gasteiger partial charge on any atom is -0.379 e. The Morgan fingerprint density at radius 3 is 2.80 bits per heavy atom. The van der Waals surface area contributed by atoms with E-state index < -0.39 is 23.4 Å². The summed E-state index contributed by atoms with van der Waals surface area (Å²) in [6.07, 6.45) is 2.80. The molecule has 1 aliphatic heterocycles. The van der Waals surface area contributed by atoms with Gasteiger partial charge in [-0.3, -0.25) is 14.8 Å². The average Bonchev–Trinajstić information content (AvgIpc) is 2.69. The smallest absolute Gasteiger partial charge is 0.274 e. The van der Waals surface area contributed by atoms with E-state index in [9.17, 15) is 9.18 Å². The maximum atomic E-state index is 14.8. The number of rotatable bonds is 5. The number of nitrogens with zero attached hydrogens (tertiary/aromatic N) is 3. The molecule has 1 amide bonds. The minimum atomic E-state index is -1.03. The average molecular weight is 430 g/mol. The Labute approximate surface area is 179 Å². The number of halogens is 1. The first-order valence-electron chi connectivity index (χ1n) is 9.33. The molecule has 9 heteroatoms. The third-order valence-electron chi connectivity index (χ3n) is 4.95. The molecule has 1 aromatic heterocycles. The number of nitrogens with two attached hydrogens (primary N) is 1. The van der Waals surface area contributed by atoms with Gasteiger partial charge >= 0.3 is 0 Å². The third-order valence-corrected chi connectivity index (χ3v) is 5.90. The maximum absolute atomic E-state index is 14.8. The van der Waals surface area contributed by atoms with Crippen LogP contribution in [0.15, 0.2) is 46.5 Å². The first-order valence-corrected chi connectivity index (χ1v) is 10.2. The number of benzene rings is 1. The van der Waals surface area contributed by atoms with Gasteiger partial charge in [-0.05, 0) is 37.3 Å². The molecule has 3 N–H and O–H groups in total. The lowest BCUT2D eigenvalue weighted by atomic mass is 9.84. The van der Waals surface area contributed by atoms with E-state index in [-0.39, 0.29) is 10.9 Å². The highest BCUT2D eigenvalue weighted by atomic mass is 32.2. The number of hydrogen-bond donors (Lipinski definition) is 2. The number of thioether (sulfide) groups is 1. The molecule has 1 aromatic carbocycles. The SMILES string of the molecule is CN=Cc1ccc(C(=O)Nc2ccc(F)c(C3(C)N=C(N)SC(C)C3OC)c2)nc1. The summed E-state index contributed by atoms with van der Waals surface area (Å²) in [4.78, 5) is 25.1. The van der Waals surface area contributed by atoms with E-state index in [1.54, 1.807) is 51.7 Å². The van der Waals surface area contributed by atoms with Crippen LogP contribution in [0.2, 0.25) is 0 Å². The fraction of sp³-hybridized carbons (Fsp3) is 0.333. The van der Waals surface area contributed by atoms with Crippen LogP contribution in [0.25, 0.3) is 0 Å². The summed E-state index contributed by atoms with van der Waals surface area (Å²) in [6.45, 7) is 3.74. The van der Waals surface area contributed by atoms with Gasteiger partial charge in [0.25, 0.3) is 5.91 Å². The Kier molecular flexibility index (Phi) is 6.52. The number of anilines is 1. The zero-order valence-corrected chi connectivity index (χ0v) is 18.0. The predicted molar refractivity (Wildman–Crippen MR) is 119 cm³/mol. The van der Waals surface area contributed by atoms with E-state index in [1.165, 1.54) is 23.9 Å². The molecule has 2 aromatic rings. The third kappa shape index (κ3) is 4.36. The standard InChI is InChI=1S/C21H24FN5O2S/c1-12-18(29-4)21(2,27-20(23)30-12)15-9-14(6-7-16(15)22)26-19(28)17-8-5-13(10-24-3)11-25-17/h5-12,18H,1-4H3,(H2,23,27)(H,26,28). The molecular weight excluding hydrogens is 405 g/mol. The lowest BCUT2D eigenvalue weighted by Gasteiger charge is -2.40. The Hall–Kier alpha value is -2.78. The number of hydrogen-bond acceptors (Lipinski definition) is 7. The Morgan fingerprint density at radius 1 is 1.40 bits per heavy atom. The second-order valence-electron chi connectivity index (χ2n) is 7.09. The molecular formula is C21H24FN5O2S. The fourth-order valence-electron chi connectivity index (χ4n) is 3.61. The molecule has 0 fully saturated rings. The molecule has 7 nitrogen and oxygen atoms in total. The van der Waals surface area contributed by atoms with Crippen LogP contribution < -0.4 is 11.1 Å². The van der Waals surface area contributed by atoms with Crippen molar-refractivity contribution in [2.24, 2.45) is 15.7 Å². The first-order chi connectivity index (χ1) is 14.3. The van der Waals surface area contributed by atoms with Crippen molar-refractivity contribution in [3.05, 3.63) is 59.2 Å². The van der Waals surface area contributed by atoms with E-state index in [4.69, 9.17) is 10.5 Å². The summed E-state index contributed by atoms with van der Waals surface area (Å²) in [5, 5.41) is 3.11. The largest absolute Gasteiger partial charge is 0.379 e. The number of amides is 1. The van der Waals surface area contributed by atoms with E-state index in [1.807, 2.05) is 6.92 Å². The Bertz CT molecular complexity index is 995. The van der Waals surface area contributed by atoms with Gasteiger partial charge in [-0.25, -0.2) is 9.38 Å². The minimum absolute atomic E-state index is 0.0236. The summed E-state index contributed by atoms with van der Waals surface area (Å²) in [7, 11) is 3.23. The Morgan fingerprint density at radius 2 is 2.17 bits per heavy atom. The molecule has 30 heavy (non-hydrogen) atoms. The highest BCUT2D eigenvalue weighted by Crippen LogP contribution is 2.42. The molecule has 158 valence electrons. The van der Waals surface area contributed by atoms with Crippen molar-refractivity contribution in [3.63, 3.8) is 0 Å². The van der Waals surface area contributed by atoms with Gasteiger partial charge in [0.15, 0.2) is 5.17 Å². The van der Waals surface area contributed by atoms with Gasteiger partial charge in [-0.1, -0.05) is 18.7 Å². The number of aliphatic imine (C=N–C) groups is 2. The van der Waals surface area contributed by atoms with Gasteiger partial charge in [0, 0.05) is 48.6 Å². The van der Waals surface area contributed by atoms with Gasteiger partial charge < -0.3 is 15.8 Å². The van der Waals surface area contributed by atoms with Crippen molar-refractivity contribution in [2.75, 3.05) is 19.5 Å². The summed E-state index contributed by atoms with van der Waals surface area (Å²) in [6, 6.07) is 7.71. The van der Waals surface area contributed by atoms with Crippen LogP contribution in [0.4, 0.5) is 10.1 Å². The highest BCUT2D eigenvalue weighted by molar-refractivity contribution is 8.14. The van der Waals surface area contributed by atoms with Crippen LogP contribution in [0.5, 0.6) is 0 Å². The molecule has 0 saturated heterocycles. The van der Waals surface area contributed by atoms with Crippen LogP contribution in [-0.4, -0.2) is 47.8 Å². The second kappa shape index (κ2) is 8.93. The number of ether oxygens (including phenoxy) is 1. The van der Waals surface area contributed by atoms with E-state index in [0.29, 0.717) is 16.4 Å². The van der Waals surface area contributed by atoms with E-state index in [2.05, 4.69) is 20.3 Å². The lowest BCUT2D eigenvalue weighted by Crippen LogP contribution is -2.48. The molecule has 2 heterocycles. The van der Waals surface area contributed by atoms with Crippen molar-refractivity contribution in [3.8, 4) is 0 Å². The summed E-state index contributed by atoms with van der Waals surface area (Å²) >= 11 is 1.39. The zero-order valence-electron chi connectivity index (χ0n) is 17.2. The number of amidine groups is 1. The van der Waals surface area contributed by atoms with Gasteiger partial charge in [-0.15, -0.1) is 0 Å². The van der Waals surface area contributed by atoms with Crippen LogP contribution in [0.1, 0.15) is 35.5 Å².